The number of aromatic nitrogens is 1. The number of allylic oxidation sites excluding steroid dienone is 3. The van der Waals surface area contributed by atoms with Crippen molar-refractivity contribution in [1.29, 1.82) is 0 Å². The molecule has 2 rings (SSSR count). The van der Waals surface area contributed by atoms with Crippen LogP contribution < -0.4 is 4.90 Å². The van der Waals surface area contributed by atoms with Gasteiger partial charge in [0.05, 0.1) is 5.56 Å². The second-order valence-electron chi connectivity index (χ2n) is 11.0. The number of aliphatic imine (C=N–C) groups is 1. The van der Waals surface area contributed by atoms with Crippen LogP contribution in [-0.2, 0) is 0 Å². The van der Waals surface area contributed by atoms with Gasteiger partial charge in [-0.1, -0.05) is 66.5 Å². The molecule has 1 aliphatic rings. The van der Waals surface area contributed by atoms with E-state index in [0.717, 1.165) is 37.3 Å². The quantitative estimate of drug-likeness (QED) is 0.462. The van der Waals surface area contributed by atoms with Crippen LogP contribution in [0.25, 0.3) is 0 Å². The zero-order valence-electron chi connectivity index (χ0n) is 21.1. The molecule has 0 saturated heterocycles. The topological polar surface area (TPSA) is 65.8 Å². The summed E-state index contributed by atoms with van der Waals surface area (Å²) in [6.07, 6.45) is 11.1. The van der Waals surface area contributed by atoms with Crippen molar-refractivity contribution in [2.24, 2.45) is 27.7 Å². The van der Waals surface area contributed by atoms with Crippen LogP contribution in [0.3, 0.4) is 0 Å². The summed E-state index contributed by atoms with van der Waals surface area (Å²) in [5, 5.41) is 9.30. The van der Waals surface area contributed by atoms with Crippen LogP contribution in [0, 0.1) is 22.7 Å². The number of hydrogen-bond donors (Lipinski definition) is 1. The van der Waals surface area contributed by atoms with Gasteiger partial charge in [0.25, 0.3) is 0 Å². The molecular formula is C27H41N3O2. The molecule has 0 radical (unpaired) electrons. The lowest BCUT2D eigenvalue weighted by Crippen LogP contribution is -2.33. The fraction of sp³-hybridized carbons (Fsp3) is 0.593. The first-order valence-electron chi connectivity index (χ1n) is 11.7. The van der Waals surface area contributed by atoms with Crippen molar-refractivity contribution in [3.8, 4) is 0 Å². The Labute approximate surface area is 194 Å². The van der Waals surface area contributed by atoms with Crippen LogP contribution >= 0.6 is 0 Å². The smallest absolute Gasteiger partial charge is 0.337 e. The molecule has 1 heterocycles. The Bertz CT molecular complexity index is 868. The molecule has 0 bridgehead atoms. The van der Waals surface area contributed by atoms with Crippen molar-refractivity contribution in [2.45, 2.75) is 67.7 Å². The zero-order chi connectivity index (χ0) is 24.1. The molecule has 0 saturated carbocycles. The van der Waals surface area contributed by atoms with E-state index in [2.05, 4.69) is 75.5 Å². The van der Waals surface area contributed by atoms with Gasteiger partial charge >= 0.3 is 5.97 Å². The van der Waals surface area contributed by atoms with Crippen molar-refractivity contribution >= 4 is 18.0 Å². The average Bonchev–Trinajstić information content (AvgIpc) is 2.72. The molecule has 1 aliphatic carbocycles. The highest BCUT2D eigenvalue weighted by Gasteiger charge is 2.32. The van der Waals surface area contributed by atoms with Crippen LogP contribution in [0.1, 0.15) is 78.1 Å². The van der Waals surface area contributed by atoms with E-state index < -0.39 is 5.97 Å². The largest absolute Gasteiger partial charge is 0.478 e. The maximum atomic E-state index is 11.3. The van der Waals surface area contributed by atoms with Gasteiger partial charge in [-0.15, -0.1) is 0 Å². The highest BCUT2D eigenvalue weighted by atomic mass is 16.4. The summed E-state index contributed by atoms with van der Waals surface area (Å²) >= 11 is 0. The summed E-state index contributed by atoms with van der Waals surface area (Å²) in [5.74, 6) is 0.657. The summed E-state index contributed by atoms with van der Waals surface area (Å²) in [6, 6.07) is 3.47. The molecule has 1 aromatic rings. The summed E-state index contributed by atoms with van der Waals surface area (Å²) in [6.45, 7) is 16.7. The normalized spacial score (nSPS) is 18.3. The van der Waals surface area contributed by atoms with Crippen LogP contribution in [0.4, 0.5) is 5.82 Å². The van der Waals surface area contributed by atoms with Gasteiger partial charge in [-0.3, -0.25) is 0 Å². The molecule has 2 unspecified atom stereocenters. The lowest BCUT2D eigenvalue weighted by atomic mass is 9.70. The predicted octanol–water partition coefficient (Wildman–Crippen LogP) is 6.63. The van der Waals surface area contributed by atoms with Crippen LogP contribution in [0.2, 0.25) is 0 Å². The van der Waals surface area contributed by atoms with Crippen LogP contribution in [-0.4, -0.2) is 35.9 Å². The minimum Gasteiger partial charge on any atom is -0.478 e. The Morgan fingerprint density at radius 2 is 1.97 bits per heavy atom. The third-order valence-electron chi connectivity index (χ3n) is 6.43. The Morgan fingerprint density at radius 3 is 2.44 bits per heavy atom. The molecule has 0 aliphatic heterocycles. The first-order chi connectivity index (χ1) is 14.9. The lowest BCUT2D eigenvalue weighted by Gasteiger charge is -2.39. The second-order valence-corrected chi connectivity index (χ2v) is 11.0. The zero-order valence-corrected chi connectivity index (χ0v) is 21.1. The number of rotatable bonds is 8. The van der Waals surface area contributed by atoms with Gasteiger partial charge in [0.2, 0.25) is 0 Å². The molecule has 0 aromatic carbocycles. The van der Waals surface area contributed by atoms with E-state index in [9.17, 15) is 9.90 Å². The summed E-state index contributed by atoms with van der Waals surface area (Å²) < 4.78 is 0. The molecule has 0 amide bonds. The monoisotopic (exact) mass is 439 g/mol. The Balaban J connectivity index is 2.57. The van der Waals surface area contributed by atoms with E-state index in [0.29, 0.717) is 11.8 Å². The van der Waals surface area contributed by atoms with E-state index in [-0.39, 0.29) is 16.4 Å². The first-order valence-corrected chi connectivity index (χ1v) is 11.7. The molecule has 0 fully saturated rings. The minimum absolute atomic E-state index is 0.0777. The third kappa shape index (κ3) is 6.78. The minimum atomic E-state index is -0.958. The summed E-state index contributed by atoms with van der Waals surface area (Å²) in [5.41, 5.74) is 3.01. The van der Waals surface area contributed by atoms with Gasteiger partial charge in [-0.25, -0.2) is 9.78 Å². The van der Waals surface area contributed by atoms with Gasteiger partial charge in [-0.2, -0.15) is 0 Å². The van der Waals surface area contributed by atoms with Crippen molar-refractivity contribution in [2.75, 3.05) is 18.5 Å². The van der Waals surface area contributed by atoms with Gasteiger partial charge in [0.15, 0.2) is 0 Å². The number of hydrogen-bond acceptors (Lipinski definition) is 4. The van der Waals surface area contributed by atoms with Crippen molar-refractivity contribution in [3.05, 3.63) is 47.3 Å². The van der Waals surface area contributed by atoms with Gasteiger partial charge < -0.3 is 15.0 Å². The van der Waals surface area contributed by atoms with Crippen molar-refractivity contribution in [1.82, 2.24) is 4.98 Å². The number of carbonyl (C=O) groups is 1. The lowest BCUT2D eigenvalue weighted by molar-refractivity contribution is 0.0696. The highest BCUT2D eigenvalue weighted by Crippen LogP contribution is 2.43. The highest BCUT2D eigenvalue weighted by molar-refractivity contribution is 5.87. The molecule has 176 valence electrons. The number of pyridine rings is 1. The van der Waals surface area contributed by atoms with E-state index in [1.807, 2.05) is 19.3 Å². The second kappa shape index (κ2) is 10.5. The standard InChI is InChI=1S/C27H41N3O2/c1-9-19(12-13-28-8)18-30(24-11-10-20(17-29-24)25(31)32)23-15-21(26(2,3)4)14-22(16-23)27(5,6)7/h10-11,13,15-17,19,21H,9,12,14,18H2,1-8H3,(H,31,32). The molecular weight excluding hydrogens is 398 g/mol. The third-order valence-corrected chi connectivity index (χ3v) is 6.43. The summed E-state index contributed by atoms with van der Waals surface area (Å²) in [7, 11) is 1.81. The number of nitrogens with zero attached hydrogens (tertiary/aromatic N) is 3. The number of anilines is 1. The van der Waals surface area contributed by atoms with Gasteiger partial charge in [-0.05, 0) is 59.9 Å². The SMILES string of the molecule is CCC(CC=NC)CN(C1=CC(C(C)(C)C)CC(C(C)(C)C)=C1)c1ccc(C(=O)O)cn1. The number of carboxylic acid groups (broad SMARTS) is 1. The fourth-order valence-electron chi connectivity index (χ4n) is 3.92. The Hall–Kier alpha value is -2.43. The molecule has 5 heteroatoms. The predicted molar refractivity (Wildman–Crippen MR) is 135 cm³/mol. The summed E-state index contributed by atoms with van der Waals surface area (Å²) in [4.78, 5) is 22.4. The van der Waals surface area contributed by atoms with E-state index in [1.165, 1.54) is 11.8 Å². The molecule has 1 aromatic heterocycles. The average molecular weight is 440 g/mol. The molecule has 5 nitrogen and oxygen atoms in total. The fourth-order valence-corrected chi connectivity index (χ4v) is 3.92. The Kier molecular flexibility index (Phi) is 8.44. The molecule has 0 spiro atoms. The van der Waals surface area contributed by atoms with Gasteiger partial charge in [0, 0.05) is 25.5 Å². The number of aromatic carboxylic acids is 1. The van der Waals surface area contributed by atoms with E-state index in [1.54, 1.807) is 6.07 Å². The first kappa shape index (κ1) is 25.8. The Morgan fingerprint density at radius 1 is 1.28 bits per heavy atom. The maximum Gasteiger partial charge on any atom is 0.337 e. The molecule has 1 N–H and O–H groups in total. The maximum absolute atomic E-state index is 11.3. The molecule has 32 heavy (non-hydrogen) atoms. The molecule has 2 atom stereocenters. The van der Waals surface area contributed by atoms with Crippen molar-refractivity contribution in [3.63, 3.8) is 0 Å². The van der Waals surface area contributed by atoms with Crippen LogP contribution in [0.15, 0.2) is 46.7 Å². The van der Waals surface area contributed by atoms with Crippen LogP contribution in [0.5, 0.6) is 0 Å². The van der Waals surface area contributed by atoms with Crippen molar-refractivity contribution < 1.29 is 9.90 Å². The van der Waals surface area contributed by atoms with Gasteiger partial charge in [0.1, 0.15) is 5.82 Å². The van der Waals surface area contributed by atoms with E-state index >= 15 is 0 Å². The number of carboxylic acids is 1. The van der Waals surface area contributed by atoms with E-state index in [4.69, 9.17) is 0 Å².